The largest absolute Gasteiger partial charge is 0.453 e. The molecule has 0 unspecified atom stereocenters. The van der Waals surface area contributed by atoms with Crippen molar-refractivity contribution in [2.75, 3.05) is 13.7 Å². The minimum Gasteiger partial charge on any atom is -0.453 e. The Kier molecular flexibility index (Phi) is 4.49. The summed E-state index contributed by atoms with van der Waals surface area (Å²) in [6.45, 7) is -0.117. The summed E-state index contributed by atoms with van der Waals surface area (Å²) in [4.78, 5) is 11.9. The van der Waals surface area contributed by atoms with E-state index in [9.17, 15) is 15.0 Å². The van der Waals surface area contributed by atoms with Gasteiger partial charge < -0.3 is 24.4 Å². The summed E-state index contributed by atoms with van der Waals surface area (Å²) in [5.41, 5.74) is 0.366. The Morgan fingerprint density at radius 1 is 1.26 bits per heavy atom. The van der Waals surface area contributed by atoms with Gasteiger partial charge in [-0.15, -0.1) is 0 Å². The van der Waals surface area contributed by atoms with Crippen molar-refractivity contribution in [2.24, 2.45) is 0 Å². The van der Waals surface area contributed by atoms with E-state index in [-0.39, 0.29) is 6.61 Å². The first-order valence-corrected chi connectivity index (χ1v) is 5.90. The number of rotatable bonds is 3. The molecule has 1 saturated heterocycles. The van der Waals surface area contributed by atoms with E-state index in [1.165, 1.54) is 7.11 Å². The number of aliphatic hydroxyl groups excluding tert-OH is 2. The van der Waals surface area contributed by atoms with Crippen molar-refractivity contribution < 1.29 is 29.2 Å². The number of carbonyl (C=O) groups excluding carboxylic acids is 1. The number of aliphatic hydroxyl groups is 2. The van der Waals surface area contributed by atoms with Crippen molar-refractivity contribution in [3.8, 4) is 0 Å². The maximum atomic E-state index is 11.9. The second-order valence-electron chi connectivity index (χ2n) is 4.23. The van der Waals surface area contributed by atoms with Gasteiger partial charge in [0.25, 0.3) is 0 Å². The predicted molar refractivity (Wildman–Crippen MR) is 64.4 cm³/mol. The third-order valence-corrected chi connectivity index (χ3v) is 2.95. The Morgan fingerprint density at radius 3 is 2.58 bits per heavy atom. The summed E-state index contributed by atoms with van der Waals surface area (Å²) in [7, 11) is 1.35. The zero-order valence-electron chi connectivity index (χ0n) is 10.4. The molecular weight excluding hydrogens is 252 g/mol. The molecule has 1 aromatic rings. The molecule has 6 nitrogen and oxygen atoms in total. The molecule has 1 fully saturated rings. The first-order chi connectivity index (χ1) is 9.13. The van der Waals surface area contributed by atoms with Gasteiger partial charge in [-0.1, -0.05) is 18.2 Å². The van der Waals surface area contributed by atoms with Gasteiger partial charge in [0, 0.05) is 7.11 Å². The number of esters is 1. The number of methoxy groups -OCH3 is 1. The number of carbonyl (C=O) groups is 1. The van der Waals surface area contributed by atoms with E-state index in [4.69, 9.17) is 14.2 Å². The van der Waals surface area contributed by atoms with Crippen LogP contribution in [0, 0.1) is 0 Å². The topological polar surface area (TPSA) is 85.2 Å². The highest BCUT2D eigenvalue weighted by Gasteiger charge is 2.42. The van der Waals surface area contributed by atoms with Gasteiger partial charge in [0.1, 0.15) is 12.2 Å². The average Bonchev–Trinajstić information content (AvgIpc) is 2.44. The highest BCUT2D eigenvalue weighted by molar-refractivity contribution is 5.89. The molecule has 0 radical (unpaired) electrons. The number of hydrogen-bond donors (Lipinski definition) is 2. The third kappa shape index (κ3) is 3.10. The third-order valence-electron chi connectivity index (χ3n) is 2.95. The molecule has 1 aromatic carbocycles. The molecule has 19 heavy (non-hydrogen) atoms. The van der Waals surface area contributed by atoms with Gasteiger partial charge in [0.15, 0.2) is 12.4 Å². The molecule has 0 bridgehead atoms. The number of ether oxygens (including phenoxy) is 3. The van der Waals surface area contributed by atoms with Gasteiger partial charge in [0.2, 0.25) is 0 Å². The van der Waals surface area contributed by atoms with Gasteiger partial charge in [0.05, 0.1) is 12.2 Å². The average molecular weight is 268 g/mol. The van der Waals surface area contributed by atoms with Crippen molar-refractivity contribution >= 4 is 5.97 Å². The van der Waals surface area contributed by atoms with E-state index in [0.29, 0.717) is 5.56 Å². The zero-order valence-corrected chi connectivity index (χ0v) is 10.4. The van der Waals surface area contributed by atoms with Crippen LogP contribution in [0.15, 0.2) is 30.3 Å². The molecule has 1 aliphatic rings. The molecule has 1 heterocycles. The number of hydrogen-bond acceptors (Lipinski definition) is 6. The van der Waals surface area contributed by atoms with Crippen molar-refractivity contribution in [1.82, 2.24) is 0 Å². The first-order valence-electron chi connectivity index (χ1n) is 5.90. The van der Waals surface area contributed by atoms with Crippen LogP contribution in [0.3, 0.4) is 0 Å². The molecule has 0 amide bonds. The summed E-state index contributed by atoms with van der Waals surface area (Å²) in [6.07, 6.45) is -4.17. The summed E-state index contributed by atoms with van der Waals surface area (Å²) in [5.74, 6) is -0.583. The Balaban J connectivity index is 2.09. The van der Waals surface area contributed by atoms with E-state index in [1.807, 2.05) is 0 Å². The van der Waals surface area contributed by atoms with Crippen molar-refractivity contribution in [3.63, 3.8) is 0 Å². The standard InChI is InChI=1S/C13H16O6/c1-17-11-10(9(14)7-18-13(11)16)19-12(15)8-5-3-2-4-6-8/h2-6,9-11,13-14,16H,7H2,1H3/t9-,10+,11-,13-/m1/s1. The van der Waals surface area contributed by atoms with Crippen LogP contribution in [0.5, 0.6) is 0 Å². The van der Waals surface area contributed by atoms with E-state index in [1.54, 1.807) is 30.3 Å². The highest BCUT2D eigenvalue weighted by atomic mass is 16.7. The van der Waals surface area contributed by atoms with Crippen molar-refractivity contribution in [2.45, 2.75) is 24.6 Å². The lowest BCUT2D eigenvalue weighted by atomic mass is 10.0. The molecule has 0 spiro atoms. The van der Waals surface area contributed by atoms with Crippen LogP contribution in [0.4, 0.5) is 0 Å². The maximum Gasteiger partial charge on any atom is 0.338 e. The van der Waals surface area contributed by atoms with Gasteiger partial charge >= 0.3 is 5.97 Å². The van der Waals surface area contributed by atoms with Gasteiger partial charge in [-0.3, -0.25) is 0 Å². The SMILES string of the molecule is CO[C@@H]1[C@@H](OC(=O)c2ccccc2)[C@H](O)CO[C@H]1O. The van der Waals surface area contributed by atoms with Crippen LogP contribution in [0.2, 0.25) is 0 Å². The second kappa shape index (κ2) is 6.12. The minimum absolute atomic E-state index is 0.117. The normalized spacial score (nSPS) is 30.9. The van der Waals surface area contributed by atoms with Crippen molar-refractivity contribution in [1.29, 1.82) is 0 Å². The van der Waals surface area contributed by atoms with Crippen LogP contribution in [-0.2, 0) is 14.2 Å². The monoisotopic (exact) mass is 268 g/mol. The smallest absolute Gasteiger partial charge is 0.338 e. The Bertz CT molecular complexity index is 420. The lowest BCUT2D eigenvalue weighted by Crippen LogP contribution is -2.55. The van der Waals surface area contributed by atoms with Gasteiger partial charge in [-0.25, -0.2) is 4.79 Å². The highest BCUT2D eigenvalue weighted by Crippen LogP contribution is 2.20. The molecule has 1 aliphatic heterocycles. The molecule has 0 aliphatic carbocycles. The second-order valence-corrected chi connectivity index (χ2v) is 4.23. The number of benzene rings is 1. The van der Waals surface area contributed by atoms with E-state index < -0.39 is 30.6 Å². The summed E-state index contributed by atoms with van der Waals surface area (Å²) in [5, 5.41) is 19.4. The van der Waals surface area contributed by atoms with Crippen LogP contribution in [-0.4, -0.2) is 54.5 Å². The van der Waals surface area contributed by atoms with Gasteiger partial charge in [-0.2, -0.15) is 0 Å². The summed E-state index contributed by atoms with van der Waals surface area (Å²) in [6, 6.07) is 8.40. The summed E-state index contributed by atoms with van der Waals surface area (Å²) < 4.78 is 15.1. The Hall–Kier alpha value is -1.47. The van der Waals surface area contributed by atoms with Crippen LogP contribution < -0.4 is 0 Å². The Morgan fingerprint density at radius 2 is 1.95 bits per heavy atom. The van der Waals surface area contributed by atoms with Crippen LogP contribution in [0.1, 0.15) is 10.4 Å². The lowest BCUT2D eigenvalue weighted by Gasteiger charge is -2.36. The van der Waals surface area contributed by atoms with Crippen LogP contribution >= 0.6 is 0 Å². The zero-order chi connectivity index (χ0) is 13.8. The van der Waals surface area contributed by atoms with E-state index in [2.05, 4.69) is 0 Å². The van der Waals surface area contributed by atoms with E-state index >= 15 is 0 Å². The maximum absolute atomic E-state index is 11.9. The fourth-order valence-electron chi connectivity index (χ4n) is 1.93. The lowest BCUT2D eigenvalue weighted by molar-refractivity contribution is -0.258. The quantitative estimate of drug-likeness (QED) is 0.747. The first kappa shape index (κ1) is 14.0. The fourth-order valence-corrected chi connectivity index (χ4v) is 1.93. The fraction of sp³-hybridized carbons (Fsp3) is 0.462. The Labute approximate surface area is 110 Å². The molecule has 0 saturated carbocycles. The van der Waals surface area contributed by atoms with E-state index in [0.717, 1.165) is 0 Å². The van der Waals surface area contributed by atoms with Gasteiger partial charge in [-0.05, 0) is 12.1 Å². The predicted octanol–water partition coefficient (Wildman–Crippen LogP) is -0.0635. The van der Waals surface area contributed by atoms with Crippen LogP contribution in [0.25, 0.3) is 0 Å². The molecule has 2 rings (SSSR count). The molecule has 6 heteroatoms. The molecule has 0 aromatic heterocycles. The summed E-state index contributed by atoms with van der Waals surface area (Å²) >= 11 is 0. The molecule has 4 atom stereocenters. The van der Waals surface area contributed by atoms with Crippen molar-refractivity contribution in [3.05, 3.63) is 35.9 Å². The molecule has 104 valence electrons. The minimum atomic E-state index is -1.23. The molecular formula is C13H16O6. The molecule has 2 N–H and O–H groups in total.